The number of aliphatic imine (C=N–C) groups is 2. The average Bonchev–Trinajstić information content (AvgIpc) is 3.71. The van der Waals surface area contributed by atoms with Gasteiger partial charge in [0.05, 0.1) is 37.3 Å². The highest BCUT2D eigenvalue weighted by Crippen LogP contribution is 2.24. The zero-order valence-electron chi connectivity index (χ0n) is 20.0. The molecular weight excluding hydrogens is 452 g/mol. The van der Waals surface area contributed by atoms with E-state index < -0.39 is 0 Å². The Morgan fingerprint density at radius 3 is 1.86 bits per heavy atom. The van der Waals surface area contributed by atoms with Crippen molar-refractivity contribution in [2.75, 3.05) is 39.4 Å². The second-order valence-electron chi connectivity index (χ2n) is 8.73. The molecule has 3 aromatic carbocycles. The van der Waals surface area contributed by atoms with E-state index in [1.165, 1.54) is 0 Å². The number of aromatic nitrogens is 2. The third-order valence-corrected chi connectivity index (χ3v) is 6.19. The van der Waals surface area contributed by atoms with Gasteiger partial charge in [0.25, 0.3) is 0 Å². The average molecular weight is 481 g/mol. The molecule has 0 amide bonds. The normalized spacial score (nSPS) is 14.8. The van der Waals surface area contributed by atoms with Crippen LogP contribution in [-0.4, -0.2) is 61.0 Å². The highest BCUT2D eigenvalue weighted by atomic mass is 16.5. The number of nitrogens with zero attached hydrogens (tertiary/aromatic N) is 3. The topological polar surface area (TPSA) is 95.9 Å². The number of fused-ring (bicyclic) bond motifs is 1. The number of hydrogen-bond acceptors (Lipinski definition) is 7. The van der Waals surface area contributed by atoms with Crippen molar-refractivity contribution in [1.82, 2.24) is 20.6 Å². The predicted molar refractivity (Wildman–Crippen MR) is 142 cm³/mol. The lowest BCUT2D eigenvalue weighted by atomic mass is 10.2. The summed E-state index contributed by atoms with van der Waals surface area (Å²) in [5.41, 5.74) is 5.12. The Morgan fingerprint density at radius 1 is 0.667 bits per heavy atom. The molecule has 1 aromatic heterocycles. The molecule has 0 bridgehead atoms. The van der Waals surface area contributed by atoms with Crippen molar-refractivity contribution in [2.24, 2.45) is 9.98 Å². The maximum absolute atomic E-state index is 5.90. The van der Waals surface area contributed by atoms with Gasteiger partial charge in [0.1, 0.15) is 29.0 Å². The molecule has 0 saturated carbocycles. The standard InChI is InChI=1S/C28H28N6O2/c1(16-35-22-7-2-19(3-8-22)26-29-12-13-30-26)17-36-23-9-4-20(5-10-23)28-33-24-11-6-21(18-25(24)34-28)27-31-14-15-32-27/h2-11,18H,1,12-17H2,(H,29,30)(H,31,32)(H,33,34). The summed E-state index contributed by atoms with van der Waals surface area (Å²) in [6, 6.07) is 22.2. The number of amidine groups is 2. The van der Waals surface area contributed by atoms with Crippen molar-refractivity contribution in [1.29, 1.82) is 0 Å². The minimum absolute atomic E-state index is 0.587. The van der Waals surface area contributed by atoms with E-state index in [0.29, 0.717) is 13.2 Å². The number of benzene rings is 3. The molecule has 0 radical (unpaired) electrons. The third kappa shape index (κ3) is 4.88. The van der Waals surface area contributed by atoms with Crippen LogP contribution in [0, 0.1) is 0 Å². The minimum Gasteiger partial charge on any atom is -0.493 e. The molecule has 0 saturated heterocycles. The first-order valence-corrected chi connectivity index (χ1v) is 12.4. The van der Waals surface area contributed by atoms with Crippen LogP contribution in [0.3, 0.4) is 0 Å². The van der Waals surface area contributed by atoms with Gasteiger partial charge in [0.2, 0.25) is 0 Å². The lowest BCUT2D eigenvalue weighted by molar-refractivity contribution is 0.247. The molecule has 0 spiro atoms. The van der Waals surface area contributed by atoms with Crippen LogP contribution in [0.15, 0.2) is 76.7 Å². The Hall–Kier alpha value is -4.33. The number of H-pyrrole nitrogens is 1. The molecule has 0 fully saturated rings. The summed E-state index contributed by atoms with van der Waals surface area (Å²) in [6.45, 7) is 4.65. The number of imidazole rings is 1. The van der Waals surface area contributed by atoms with Gasteiger partial charge in [-0.05, 0) is 66.7 Å². The van der Waals surface area contributed by atoms with Crippen molar-refractivity contribution in [2.45, 2.75) is 6.42 Å². The second kappa shape index (κ2) is 10.1. The molecule has 6 rings (SSSR count). The summed E-state index contributed by atoms with van der Waals surface area (Å²) in [4.78, 5) is 17.1. The first kappa shape index (κ1) is 22.2. The minimum atomic E-state index is 0.587. The van der Waals surface area contributed by atoms with Gasteiger partial charge < -0.3 is 25.1 Å². The molecule has 2 aliphatic heterocycles. The number of hydrogen-bond donors (Lipinski definition) is 3. The van der Waals surface area contributed by atoms with Gasteiger partial charge in [-0.25, -0.2) is 4.98 Å². The molecule has 0 atom stereocenters. The summed E-state index contributed by atoms with van der Waals surface area (Å²) in [7, 11) is 0. The monoisotopic (exact) mass is 480 g/mol. The Balaban J connectivity index is 0.991. The van der Waals surface area contributed by atoms with Crippen molar-refractivity contribution < 1.29 is 9.47 Å². The summed E-state index contributed by atoms with van der Waals surface area (Å²) in [6.07, 6.45) is 0.795. The van der Waals surface area contributed by atoms with Crippen LogP contribution >= 0.6 is 0 Å². The Kier molecular flexibility index (Phi) is 6.22. The van der Waals surface area contributed by atoms with Crippen LogP contribution in [0.2, 0.25) is 0 Å². The van der Waals surface area contributed by atoms with Gasteiger partial charge in [-0.3, -0.25) is 9.98 Å². The molecule has 8 nitrogen and oxygen atoms in total. The lowest BCUT2D eigenvalue weighted by Gasteiger charge is -2.09. The number of ether oxygens (including phenoxy) is 2. The van der Waals surface area contributed by atoms with Crippen LogP contribution in [0.5, 0.6) is 11.5 Å². The van der Waals surface area contributed by atoms with Gasteiger partial charge in [-0.15, -0.1) is 0 Å². The quantitative estimate of drug-likeness (QED) is 0.317. The van der Waals surface area contributed by atoms with Gasteiger partial charge in [0.15, 0.2) is 0 Å². The van der Waals surface area contributed by atoms with E-state index >= 15 is 0 Å². The molecule has 8 heteroatoms. The first-order valence-electron chi connectivity index (χ1n) is 12.4. The lowest BCUT2D eigenvalue weighted by Crippen LogP contribution is -2.19. The SMILES string of the molecule is c1cc(C2=NCCN2)ccc1OCCCOc1ccc(-c2nc3ccc(C4=NCCN4)cc3[nH]2)cc1. The maximum Gasteiger partial charge on any atom is 0.138 e. The zero-order chi connectivity index (χ0) is 24.2. The van der Waals surface area contributed by atoms with E-state index in [0.717, 1.165) is 89.3 Å². The van der Waals surface area contributed by atoms with Crippen LogP contribution in [0.25, 0.3) is 22.4 Å². The fraction of sp³-hybridized carbons (Fsp3) is 0.250. The zero-order valence-corrected chi connectivity index (χ0v) is 20.0. The van der Waals surface area contributed by atoms with Gasteiger partial charge >= 0.3 is 0 Å². The number of aromatic amines is 1. The number of rotatable bonds is 9. The summed E-state index contributed by atoms with van der Waals surface area (Å²) in [5, 5.41) is 6.59. The van der Waals surface area contributed by atoms with E-state index in [9.17, 15) is 0 Å². The van der Waals surface area contributed by atoms with Crippen LogP contribution < -0.4 is 20.1 Å². The Morgan fingerprint density at radius 2 is 1.25 bits per heavy atom. The van der Waals surface area contributed by atoms with Gasteiger partial charge in [-0.2, -0.15) is 0 Å². The summed E-state index contributed by atoms with van der Waals surface area (Å²) >= 11 is 0. The van der Waals surface area contributed by atoms with E-state index in [4.69, 9.17) is 14.5 Å². The fourth-order valence-corrected chi connectivity index (χ4v) is 4.33. The third-order valence-electron chi connectivity index (χ3n) is 6.19. The van der Waals surface area contributed by atoms with E-state index in [-0.39, 0.29) is 0 Å². The molecular formula is C28H28N6O2. The second-order valence-corrected chi connectivity index (χ2v) is 8.73. The molecule has 182 valence electrons. The van der Waals surface area contributed by atoms with Crippen LogP contribution in [0.1, 0.15) is 17.5 Å². The highest BCUT2D eigenvalue weighted by Gasteiger charge is 2.11. The predicted octanol–water partition coefficient (Wildman–Crippen LogP) is 3.78. The summed E-state index contributed by atoms with van der Waals surface area (Å²) < 4.78 is 11.7. The Labute approximate surface area is 209 Å². The first-order chi connectivity index (χ1) is 17.8. The molecule has 3 heterocycles. The van der Waals surface area contributed by atoms with Crippen molar-refractivity contribution in [3.8, 4) is 22.9 Å². The van der Waals surface area contributed by atoms with Crippen LogP contribution in [0.4, 0.5) is 0 Å². The molecule has 3 N–H and O–H groups in total. The van der Waals surface area contributed by atoms with Crippen molar-refractivity contribution in [3.05, 3.63) is 77.9 Å². The highest BCUT2D eigenvalue weighted by molar-refractivity contribution is 6.02. The van der Waals surface area contributed by atoms with Crippen molar-refractivity contribution in [3.63, 3.8) is 0 Å². The maximum atomic E-state index is 5.90. The molecule has 0 aliphatic carbocycles. The van der Waals surface area contributed by atoms with E-state index in [1.54, 1.807) is 0 Å². The summed E-state index contributed by atoms with van der Waals surface area (Å²) in [5.74, 6) is 4.43. The molecule has 2 aliphatic rings. The van der Waals surface area contributed by atoms with Gasteiger partial charge in [0, 0.05) is 36.2 Å². The van der Waals surface area contributed by atoms with E-state index in [2.05, 4.69) is 37.7 Å². The van der Waals surface area contributed by atoms with Gasteiger partial charge in [-0.1, -0.05) is 0 Å². The van der Waals surface area contributed by atoms with Crippen molar-refractivity contribution >= 4 is 22.7 Å². The smallest absolute Gasteiger partial charge is 0.138 e. The molecule has 36 heavy (non-hydrogen) atoms. The molecule has 0 unspecified atom stereocenters. The number of nitrogens with one attached hydrogen (secondary N) is 3. The Bertz CT molecular complexity index is 1410. The van der Waals surface area contributed by atoms with E-state index in [1.807, 2.05) is 54.6 Å². The molecule has 4 aromatic rings. The fourth-order valence-electron chi connectivity index (χ4n) is 4.33. The largest absolute Gasteiger partial charge is 0.493 e. The van der Waals surface area contributed by atoms with Crippen LogP contribution in [-0.2, 0) is 0 Å².